The Balaban J connectivity index is 1.85. The van der Waals surface area contributed by atoms with Crippen LogP contribution in [0.15, 0.2) is 47.0 Å². The maximum atomic E-state index is 12.9. The Kier molecular flexibility index (Phi) is 4.69. The van der Waals surface area contributed by atoms with Crippen LogP contribution in [0.4, 0.5) is 18.9 Å². The van der Waals surface area contributed by atoms with Crippen molar-refractivity contribution in [1.82, 2.24) is 10.1 Å². The van der Waals surface area contributed by atoms with Gasteiger partial charge in [-0.2, -0.15) is 18.2 Å². The van der Waals surface area contributed by atoms with E-state index in [9.17, 15) is 18.0 Å². The number of hydrogen-bond donors (Lipinski definition) is 1. The number of carbonyl (C=O) groups is 1. The van der Waals surface area contributed by atoms with Crippen LogP contribution in [0.25, 0.3) is 11.4 Å². The number of alkyl halides is 3. The van der Waals surface area contributed by atoms with Gasteiger partial charge in [0.05, 0.1) is 10.6 Å². The summed E-state index contributed by atoms with van der Waals surface area (Å²) in [6.07, 6.45) is -4.62. The molecule has 0 unspecified atom stereocenters. The van der Waals surface area contributed by atoms with Crippen LogP contribution < -0.4 is 5.32 Å². The van der Waals surface area contributed by atoms with Crippen molar-refractivity contribution in [2.45, 2.75) is 13.1 Å². The fourth-order valence-corrected chi connectivity index (χ4v) is 2.46. The highest BCUT2D eigenvalue weighted by molar-refractivity contribution is 6.31. The first-order valence-electron chi connectivity index (χ1n) is 7.33. The standard InChI is InChI=1S/C17H11ClF3N3O2/c1-9-22-15(24-26-9)10-3-2-4-11(7-10)16(25)23-12-5-6-14(18)13(8-12)17(19,20)21/h2-8H,1H3,(H,23,25). The minimum atomic E-state index is -4.62. The van der Waals surface area contributed by atoms with Crippen molar-refractivity contribution < 1.29 is 22.5 Å². The van der Waals surface area contributed by atoms with Crippen LogP contribution in [0.3, 0.4) is 0 Å². The Morgan fingerprint density at radius 1 is 1.19 bits per heavy atom. The zero-order valence-electron chi connectivity index (χ0n) is 13.3. The number of anilines is 1. The van der Waals surface area contributed by atoms with Crippen molar-refractivity contribution in [3.63, 3.8) is 0 Å². The number of halogens is 4. The van der Waals surface area contributed by atoms with Crippen LogP contribution in [0, 0.1) is 6.92 Å². The molecule has 1 N–H and O–H groups in total. The third kappa shape index (κ3) is 3.85. The van der Waals surface area contributed by atoms with E-state index in [1.54, 1.807) is 19.1 Å². The molecule has 0 fully saturated rings. The number of hydrogen-bond acceptors (Lipinski definition) is 4. The van der Waals surface area contributed by atoms with Gasteiger partial charge in [-0.1, -0.05) is 28.9 Å². The van der Waals surface area contributed by atoms with Crippen LogP contribution in [0.2, 0.25) is 5.02 Å². The monoisotopic (exact) mass is 381 g/mol. The quantitative estimate of drug-likeness (QED) is 0.695. The van der Waals surface area contributed by atoms with Gasteiger partial charge in [-0.25, -0.2) is 0 Å². The van der Waals surface area contributed by atoms with Gasteiger partial charge < -0.3 is 9.84 Å². The van der Waals surface area contributed by atoms with Gasteiger partial charge in [-0.3, -0.25) is 4.79 Å². The van der Waals surface area contributed by atoms with Crippen molar-refractivity contribution in [3.8, 4) is 11.4 Å². The molecule has 2 aromatic carbocycles. The Labute approximate surface area is 150 Å². The lowest BCUT2D eigenvalue weighted by Gasteiger charge is -2.12. The highest BCUT2D eigenvalue weighted by Gasteiger charge is 2.33. The third-order valence-corrected chi connectivity index (χ3v) is 3.77. The Morgan fingerprint density at radius 3 is 2.62 bits per heavy atom. The first-order chi connectivity index (χ1) is 12.2. The number of nitrogens with one attached hydrogen (secondary N) is 1. The van der Waals surface area contributed by atoms with E-state index < -0.39 is 22.7 Å². The summed E-state index contributed by atoms with van der Waals surface area (Å²) in [5, 5.41) is 5.74. The summed E-state index contributed by atoms with van der Waals surface area (Å²) in [4.78, 5) is 16.4. The van der Waals surface area contributed by atoms with Crippen LogP contribution in [0.1, 0.15) is 21.8 Å². The number of rotatable bonds is 3. The van der Waals surface area contributed by atoms with Crippen LogP contribution in [-0.2, 0) is 6.18 Å². The lowest BCUT2D eigenvalue weighted by atomic mass is 10.1. The molecular formula is C17H11ClF3N3O2. The molecule has 0 atom stereocenters. The fourth-order valence-electron chi connectivity index (χ4n) is 2.24. The number of benzene rings is 2. The second-order valence-electron chi connectivity index (χ2n) is 5.36. The fraction of sp³-hybridized carbons (Fsp3) is 0.118. The third-order valence-electron chi connectivity index (χ3n) is 3.44. The molecule has 1 heterocycles. The van der Waals surface area contributed by atoms with E-state index in [4.69, 9.17) is 16.1 Å². The number of amides is 1. The van der Waals surface area contributed by atoms with Crippen molar-refractivity contribution in [2.75, 3.05) is 5.32 Å². The molecule has 0 aliphatic heterocycles. The van der Waals surface area contributed by atoms with Crippen LogP contribution >= 0.6 is 11.6 Å². The molecule has 26 heavy (non-hydrogen) atoms. The summed E-state index contributed by atoms with van der Waals surface area (Å²) in [5.41, 5.74) is -0.268. The van der Waals surface area contributed by atoms with Crippen molar-refractivity contribution in [2.24, 2.45) is 0 Å². The number of aromatic nitrogens is 2. The van der Waals surface area contributed by atoms with E-state index in [1.165, 1.54) is 18.2 Å². The summed E-state index contributed by atoms with van der Waals surface area (Å²) in [5.74, 6) is 0.0983. The minimum Gasteiger partial charge on any atom is -0.339 e. The zero-order valence-corrected chi connectivity index (χ0v) is 14.0. The topological polar surface area (TPSA) is 68.0 Å². The molecule has 0 spiro atoms. The molecule has 0 aliphatic rings. The lowest BCUT2D eigenvalue weighted by molar-refractivity contribution is -0.137. The molecule has 1 aromatic heterocycles. The van der Waals surface area contributed by atoms with Gasteiger partial charge in [-0.05, 0) is 30.3 Å². The van der Waals surface area contributed by atoms with Crippen molar-refractivity contribution >= 4 is 23.2 Å². The second kappa shape index (κ2) is 6.80. The highest BCUT2D eigenvalue weighted by atomic mass is 35.5. The highest BCUT2D eigenvalue weighted by Crippen LogP contribution is 2.36. The Hall–Kier alpha value is -2.87. The number of aryl methyl sites for hydroxylation is 1. The van der Waals surface area contributed by atoms with Gasteiger partial charge in [0.15, 0.2) is 0 Å². The smallest absolute Gasteiger partial charge is 0.339 e. The zero-order chi connectivity index (χ0) is 18.9. The summed E-state index contributed by atoms with van der Waals surface area (Å²) in [7, 11) is 0. The van der Waals surface area contributed by atoms with Crippen molar-refractivity contribution in [1.29, 1.82) is 0 Å². The molecule has 9 heteroatoms. The van der Waals surface area contributed by atoms with Crippen LogP contribution in [0.5, 0.6) is 0 Å². The molecule has 1 amide bonds. The predicted octanol–water partition coefficient (Wildman–Crippen LogP) is 4.97. The first-order valence-corrected chi connectivity index (χ1v) is 7.70. The van der Waals surface area contributed by atoms with Crippen molar-refractivity contribution in [3.05, 3.63) is 64.5 Å². The van der Waals surface area contributed by atoms with E-state index in [1.807, 2.05) is 0 Å². The maximum Gasteiger partial charge on any atom is 0.417 e. The van der Waals surface area contributed by atoms with E-state index in [0.29, 0.717) is 17.3 Å². The minimum absolute atomic E-state index is 0.0208. The van der Waals surface area contributed by atoms with E-state index in [2.05, 4.69) is 15.5 Å². The van der Waals surface area contributed by atoms with Gasteiger partial charge in [0.1, 0.15) is 0 Å². The van der Waals surface area contributed by atoms with Gasteiger partial charge >= 0.3 is 6.18 Å². The normalized spacial score (nSPS) is 11.4. The van der Waals surface area contributed by atoms with E-state index in [0.717, 1.165) is 12.1 Å². The second-order valence-corrected chi connectivity index (χ2v) is 5.77. The van der Waals surface area contributed by atoms with Gasteiger partial charge in [0.2, 0.25) is 11.7 Å². The summed E-state index contributed by atoms with van der Waals surface area (Å²) >= 11 is 5.57. The average molecular weight is 382 g/mol. The molecule has 5 nitrogen and oxygen atoms in total. The SMILES string of the molecule is Cc1nc(-c2cccc(C(=O)Nc3ccc(Cl)c(C(F)(F)F)c3)c2)no1. The largest absolute Gasteiger partial charge is 0.417 e. The van der Waals surface area contributed by atoms with Gasteiger partial charge in [0.25, 0.3) is 5.91 Å². The first kappa shape index (κ1) is 17.9. The molecule has 0 radical (unpaired) electrons. The molecule has 0 saturated heterocycles. The Bertz CT molecular complexity index is 970. The molecular weight excluding hydrogens is 371 g/mol. The molecule has 3 aromatic rings. The predicted molar refractivity (Wildman–Crippen MR) is 88.9 cm³/mol. The van der Waals surface area contributed by atoms with Crippen LogP contribution in [-0.4, -0.2) is 16.0 Å². The molecule has 0 aliphatic carbocycles. The molecule has 134 valence electrons. The lowest BCUT2D eigenvalue weighted by Crippen LogP contribution is -2.13. The number of nitrogens with zero attached hydrogens (tertiary/aromatic N) is 2. The summed E-state index contributed by atoms with van der Waals surface area (Å²) < 4.78 is 43.6. The Morgan fingerprint density at radius 2 is 1.96 bits per heavy atom. The molecule has 3 rings (SSSR count). The van der Waals surface area contributed by atoms with E-state index >= 15 is 0 Å². The average Bonchev–Trinajstić information content (AvgIpc) is 3.02. The number of carbonyl (C=O) groups excluding carboxylic acids is 1. The summed E-state index contributed by atoms with van der Waals surface area (Å²) in [6, 6.07) is 9.49. The molecule has 0 saturated carbocycles. The molecule has 0 bridgehead atoms. The van der Waals surface area contributed by atoms with Gasteiger partial charge in [0, 0.05) is 23.7 Å². The van der Waals surface area contributed by atoms with Gasteiger partial charge in [-0.15, -0.1) is 0 Å². The summed E-state index contributed by atoms with van der Waals surface area (Å²) in [6.45, 7) is 1.63. The van der Waals surface area contributed by atoms with E-state index in [-0.39, 0.29) is 11.3 Å². The maximum absolute atomic E-state index is 12.9.